The molecular formula is C13H20N2O2. The second-order valence-corrected chi connectivity index (χ2v) is 5.84. The van der Waals surface area contributed by atoms with Crippen molar-refractivity contribution in [1.29, 1.82) is 0 Å². The Balaban J connectivity index is 2.23. The molecule has 1 atom stereocenters. The van der Waals surface area contributed by atoms with Crippen LogP contribution in [0.25, 0.3) is 0 Å². The van der Waals surface area contributed by atoms with Crippen molar-refractivity contribution in [1.82, 2.24) is 9.88 Å². The number of carbonyl (C=O) groups excluding carboxylic acids is 1. The molecule has 1 aromatic heterocycles. The van der Waals surface area contributed by atoms with Gasteiger partial charge in [0.2, 0.25) is 0 Å². The molecule has 1 aromatic rings. The molecule has 1 aliphatic heterocycles. The number of rotatable bonds is 1. The van der Waals surface area contributed by atoms with Crippen LogP contribution in [0.1, 0.15) is 36.8 Å². The number of hydrogen-bond acceptors (Lipinski definition) is 2. The monoisotopic (exact) mass is 236 g/mol. The molecular weight excluding hydrogens is 216 g/mol. The Morgan fingerprint density at radius 2 is 2.06 bits per heavy atom. The van der Waals surface area contributed by atoms with Crippen LogP contribution < -0.4 is 0 Å². The molecule has 4 nitrogen and oxygen atoms in total. The van der Waals surface area contributed by atoms with Crippen molar-refractivity contribution in [2.75, 3.05) is 13.1 Å². The zero-order valence-corrected chi connectivity index (χ0v) is 10.9. The summed E-state index contributed by atoms with van der Waals surface area (Å²) in [5.74, 6) is -0.00500. The van der Waals surface area contributed by atoms with E-state index in [0.29, 0.717) is 18.7 Å². The molecule has 94 valence electrons. The number of nitrogens with one attached hydrogen (secondary N) is 1. The number of nitrogens with zero attached hydrogens (tertiary/aromatic N) is 1. The Labute approximate surface area is 102 Å². The highest BCUT2D eigenvalue weighted by Gasteiger charge is 2.49. The van der Waals surface area contributed by atoms with Crippen molar-refractivity contribution in [3.63, 3.8) is 0 Å². The highest BCUT2D eigenvalue weighted by Crippen LogP contribution is 2.38. The zero-order valence-electron chi connectivity index (χ0n) is 10.9. The number of β-amino-alcohol motifs (C(OH)–C–C–N with tert-alkyl or cyclic N) is 1. The Hall–Kier alpha value is -1.29. The maximum atomic E-state index is 12.3. The van der Waals surface area contributed by atoms with Crippen molar-refractivity contribution in [3.8, 4) is 0 Å². The average molecular weight is 236 g/mol. The number of carbonyl (C=O) groups is 1. The van der Waals surface area contributed by atoms with Crippen molar-refractivity contribution < 1.29 is 9.90 Å². The molecule has 1 saturated heterocycles. The van der Waals surface area contributed by atoms with Gasteiger partial charge in [-0.1, -0.05) is 13.8 Å². The molecule has 17 heavy (non-hydrogen) atoms. The van der Waals surface area contributed by atoms with Crippen molar-refractivity contribution in [2.45, 2.75) is 33.3 Å². The first kappa shape index (κ1) is 12.2. The van der Waals surface area contributed by atoms with Crippen molar-refractivity contribution >= 4 is 5.91 Å². The molecule has 0 saturated carbocycles. The molecule has 1 aliphatic rings. The summed E-state index contributed by atoms with van der Waals surface area (Å²) in [5, 5.41) is 10.3. The minimum atomic E-state index is -0.827. The predicted octanol–water partition coefficient (Wildman–Crippen LogP) is 1.56. The Kier molecular flexibility index (Phi) is 2.58. The lowest BCUT2D eigenvalue weighted by Crippen LogP contribution is -2.40. The molecule has 0 radical (unpaired) electrons. The summed E-state index contributed by atoms with van der Waals surface area (Å²) in [6.45, 7) is 8.64. The van der Waals surface area contributed by atoms with Gasteiger partial charge in [0.25, 0.3) is 5.91 Å². The third-order valence-electron chi connectivity index (χ3n) is 4.01. The van der Waals surface area contributed by atoms with Crippen LogP contribution in [-0.2, 0) is 0 Å². The molecule has 0 unspecified atom stereocenters. The number of H-pyrrole nitrogens is 1. The van der Waals surface area contributed by atoms with Crippen LogP contribution in [0.5, 0.6) is 0 Å². The fourth-order valence-electron chi connectivity index (χ4n) is 2.29. The lowest BCUT2D eigenvalue weighted by atomic mass is 9.79. The first-order chi connectivity index (χ1) is 7.74. The molecule has 0 aromatic carbocycles. The van der Waals surface area contributed by atoms with E-state index in [1.807, 2.05) is 20.8 Å². The maximum Gasteiger partial charge on any atom is 0.255 e. The first-order valence-corrected chi connectivity index (χ1v) is 5.90. The summed E-state index contributed by atoms with van der Waals surface area (Å²) in [6.07, 6.45) is 1.77. The summed E-state index contributed by atoms with van der Waals surface area (Å²) in [7, 11) is 0. The van der Waals surface area contributed by atoms with Gasteiger partial charge in [-0.2, -0.15) is 0 Å². The van der Waals surface area contributed by atoms with E-state index in [9.17, 15) is 9.90 Å². The van der Waals surface area contributed by atoms with Crippen LogP contribution >= 0.6 is 0 Å². The summed E-state index contributed by atoms with van der Waals surface area (Å²) in [5.41, 5.74) is 0.470. The van der Waals surface area contributed by atoms with Crippen LogP contribution in [0.3, 0.4) is 0 Å². The van der Waals surface area contributed by atoms with Crippen LogP contribution in [-0.4, -0.2) is 39.6 Å². The van der Waals surface area contributed by atoms with Gasteiger partial charge in [0, 0.05) is 23.9 Å². The Bertz CT molecular complexity index is 430. The number of aromatic amines is 1. The molecule has 2 heterocycles. The minimum absolute atomic E-state index is 0.00500. The lowest BCUT2D eigenvalue weighted by molar-refractivity contribution is -0.0108. The van der Waals surface area contributed by atoms with Crippen LogP contribution in [0, 0.1) is 12.3 Å². The SMILES string of the molecule is Cc1[nH]ccc1C(=O)N1CC(C)(C)[C@@](C)(O)C1. The number of hydrogen-bond donors (Lipinski definition) is 2. The second kappa shape index (κ2) is 3.60. The van der Waals surface area contributed by atoms with Crippen molar-refractivity contribution in [2.24, 2.45) is 5.41 Å². The standard InChI is InChI=1S/C13H20N2O2/c1-9-10(5-6-14-9)11(16)15-7-12(2,3)13(4,17)8-15/h5-6,14,17H,7-8H2,1-4H3/t13-/m0/s1. The van der Waals surface area contributed by atoms with Crippen LogP contribution in [0.2, 0.25) is 0 Å². The summed E-state index contributed by atoms with van der Waals surface area (Å²) in [6, 6.07) is 1.79. The number of aromatic nitrogens is 1. The number of amides is 1. The quantitative estimate of drug-likeness (QED) is 0.777. The average Bonchev–Trinajstić information content (AvgIpc) is 2.68. The van der Waals surface area contributed by atoms with E-state index in [1.165, 1.54) is 0 Å². The number of aryl methyl sites for hydroxylation is 1. The molecule has 2 rings (SSSR count). The molecule has 0 aliphatic carbocycles. The van der Waals surface area contributed by atoms with Gasteiger partial charge in [0.05, 0.1) is 17.7 Å². The Morgan fingerprint density at radius 3 is 2.47 bits per heavy atom. The largest absolute Gasteiger partial charge is 0.388 e. The van der Waals surface area contributed by atoms with Gasteiger partial charge in [-0.25, -0.2) is 0 Å². The third-order valence-corrected chi connectivity index (χ3v) is 4.01. The zero-order chi connectivity index (χ0) is 12.8. The topological polar surface area (TPSA) is 56.3 Å². The van der Waals surface area contributed by atoms with Crippen LogP contribution in [0.4, 0.5) is 0 Å². The highest BCUT2D eigenvalue weighted by molar-refractivity contribution is 5.95. The summed E-state index contributed by atoms with van der Waals surface area (Å²) < 4.78 is 0. The third kappa shape index (κ3) is 1.86. The summed E-state index contributed by atoms with van der Waals surface area (Å²) in [4.78, 5) is 17.0. The second-order valence-electron chi connectivity index (χ2n) is 5.84. The predicted molar refractivity (Wildman–Crippen MR) is 65.8 cm³/mol. The van der Waals surface area contributed by atoms with Gasteiger partial charge in [0.15, 0.2) is 0 Å². The number of likely N-dealkylation sites (tertiary alicyclic amines) is 1. The van der Waals surface area contributed by atoms with Gasteiger partial charge in [-0.05, 0) is 19.9 Å². The first-order valence-electron chi connectivity index (χ1n) is 5.90. The van der Waals surface area contributed by atoms with E-state index in [2.05, 4.69) is 4.98 Å². The Morgan fingerprint density at radius 1 is 1.41 bits per heavy atom. The molecule has 2 N–H and O–H groups in total. The molecule has 0 bridgehead atoms. The maximum absolute atomic E-state index is 12.3. The number of aliphatic hydroxyl groups is 1. The van der Waals surface area contributed by atoms with E-state index >= 15 is 0 Å². The van der Waals surface area contributed by atoms with Gasteiger partial charge in [-0.15, -0.1) is 0 Å². The molecule has 1 fully saturated rings. The highest BCUT2D eigenvalue weighted by atomic mass is 16.3. The molecule has 0 spiro atoms. The van der Waals surface area contributed by atoms with Gasteiger partial charge < -0.3 is 15.0 Å². The van der Waals surface area contributed by atoms with Crippen molar-refractivity contribution in [3.05, 3.63) is 23.5 Å². The lowest BCUT2D eigenvalue weighted by Gasteiger charge is -2.30. The van der Waals surface area contributed by atoms with E-state index in [1.54, 1.807) is 24.1 Å². The van der Waals surface area contributed by atoms with E-state index in [0.717, 1.165) is 5.69 Å². The molecule has 4 heteroatoms. The summed E-state index contributed by atoms with van der Waals surface area (Å²) >= 11 is 0. The normalized spacial score (nSPS) is 27.5. The van der Waals surface area contributed by atoms with E-state index in [-0.39, 0.29) is 11.3 Å². The fourth-order valence-corrected chi connectivity index (χ4v) is 2.29. The van der Waals surface area contributed by atoms with Gasteiger partial charge in [0.1, 0.15) is 0 Å². The van der Waals surface area contributed by atoms with Gasteiger partial charge in [-0.3, -0.25) is 4.79 Å². The van der Waals surface area contributed by atoms with Crippen LogP contribution in [0.15, 0.2) is 12.3 Å². The van der Waals surface area contributed by atoms with Gasteiger partial charge >= 0.3 is 0 Å². The fraction of sp³-hybridized carbons (Fsp3) is 0.615. The van der Waals surface area contributed by atoms with E-state index < -0.39 is 5.60 Å². The molecule has 1 amide bonds. The minimum Gasteiger partial charge on any atom is -0.388 e. The van der Waals surface area contributed by atoms with E-state index in [4.69, 9.17) is 0 Å². The smallest absolute Gasteiger partial charge is 0.255 e.